The van der Waals surface area contributed by atoms with Crippen LogP contribution in [0.1, 0.15) is 11.1 Å². The van der Waals surface area contributed by atoms with Gasteiger partial charge in [0.05, 0.1) is 5.02 Å². The molecule has 0 saturated carbocycles. The summed E-state index contributed by atoms with van der Waals surface area (Å²) in [5, 5.41) is 8.68. The van der Waals surface area contributed by atoms with Gasteiger partial charge in [-0.2, -0.15) is 0 Å². The first-order valence-electron chi connectivity index (χ1n) is 5.95. The molecule has 2 nitrogen and oxygen atoms in total. The van der Waals surface area contributed by atoms with Crippen molar-refractivity contribution in [3.63, 3.8) is 0 Å². The Morgan fingerprint density at radius 1 is 1.15 bits per heavy atom. The lowest BCUT2D eigenvalue weighted by Gasteiger charge is -2.07. The van der Waals surface area contributed by atoms with E-state index in [9.17, 15) is 4.39 Å². The third kappa shape index (κ3) is 3.99. The highest BCUT2D eigenvalue weighted by molar-refractivity contribution is 6.30. The van der Waals surface area contributed by atoms with Gasteiger partial charge >= 0.3 is 0 Å². The molecular formula is C16H12ClFO2. The van der Waals surface area contributed by atoms with Gasteiger partial charge in [-0.25, -0.2) is 4.39 Å². The van der Waals surface area contributed by atoms with Crippen LogP contribution in [0, 0.1) is 17.7 Å². The summed E-state index contributed by atoms with van der Waals surface area (Å²) < 4.78 is 18.6. The second kappa shape index (κ2) is 6.95. The Balaban J connectivity index is 1.98. The van der Waals surface area contributed by atoms with Gasteiger partial charge in [-0.15, -0.1) is 0 Å². The molecule has 0 radical (unpaired) electrons. The van der Waals surface area contributed by atoms with Crippen molar-refractivity contribution in [3.05, 3.63) is 64.4 Å². The summed E-state index contributed by atoms with van der Waals surface area (Å²) in [5.74, 6) is 5.60. The van der Waals surface area contributed by atoms with Crippen LogP contribution in [-0.4, -0.2) is 11.7 Å². The molecule has 0 aromatic heterocycles. The van der Waals surface area contributed by atoms with Gasteiger partial charge in [-0.1, -0.05) is 29.5 Å². The highest BCUT2D eigenvalue weighted by Crippen LogP contribution is 2.18. The van der Waals surface area contributed by atoms with E-state index in [-0.39, 0.29) is 11.6 Å². The SMILES string of the molecule is OCC#Cc1ccc(OCc2ccc(F)c(Cl)c2)cc1. The number of benzene rings is 2. The van der Waals surface area contributed by atoms with Crippen molar-refractivity contribution < 1.29 is 14.2 Å². The zero-order valence-corrected chi connectivity index (χ0v) is 11.3. The summed E-state index contributed by atoms with van der Waals surface area (Å²) in [5.41, 5.74) is 1.59. The van der Waals surface area contributed by atoms with Crippen LogP contribution in [0.3, 0.4) is 0 Å². The summed E-state index contributed by atoms with van der Waals surface area (Å²) in [4.78, 5) is 0. The third-order valence-electron chi connectivity index (χ3n) is 2.56. The lowest BCUT2D eigenvalue weighted by atomic mass is 10.2. The van der Waals surface area contributed by atoms with Gasteiger partial charge in [0, 0.05) is 5.56 Å². The monoisotopic (exact) mass is 290 g/mol. The molecule has 0 aliphatic carbocycles. The van der Waals surface area contributed by atoms with E-state index in [0.717, 1.165) is 11.1 Å². The number of halogens is 2. The number of rotatable bonds is 3. The first-order chi connectivity index (χ1) is 9.69. The van der Waals surface area contributed by atoms with E-state index in [1.165, 1.54) is 12.1 Å². The molecule has 4 heteroatoms. The van der Waals surface area contributed by atoms with Crippen LogP contribution in [0.4, 0.5) is 4.39 Å². The number of hydrogen-bond acceptors (Lipinski definition) is 2. The highest BCUT2D eigenvalue weighted by atomic mass is 35.5. The predicted octanol–water partition coefficient (Wildman–Crippen LogP) is 3.40. The minimum Gasteiger partial charge on any atom is -0.489 e. The van der Waals surface area contributed by atoms with Crippen LogP contribution in [0.5, 0.6) is 5.75 Å². The number of hydrogen-bond donors (Lipinski definition) is 1. The normalized spacial score (nSPS) is 9.75. The van der Waals surface area contributed by atoms with E-state index < -0.39 is 5.82 Å². The van der Waals surface area contributed by atoms with E-state index in [1.54, 1.807) is 30.3 Å². The van der Waals surface area contributed by atoms with Crippen LogP contribution < -0.4 is 4.74 Å². The largest absolute Gasteiger partial charge is 0.489 e. The molecule has 0 spiro atoms. The first-order valence-corrected chi connectivity index (χ1v) is 6.33. The minimum atomic E-state index is -0.442. The average Bonchev–Trinajstić information content (AvgIpc) is 2.47. The summed E-state index contributed by atoms with van der Waals surface area (Å²) in [6, 6.07) is 11.7. The molecule has 0 amide bonds. The quantitative estimate of drug-likeness (QED) is 0.878. The molecule has 2 aromatic carbocycles. The van der Waals surface area contributed by atoms with Crippen molar-refractivity contribution >= 4 is 11.6 Å². The topological polar surface area (TPSA) is 29.5 Å². The molecule has 0 aliphatic rings. The summed E-state index contributed by atoms with van der Waals surface area (Å²) >= 11 is 5.70. The second-order valence-electron chi connectivity index (χ2n) is 4.02. The molecule has 0 unspecified atom stereocenters. The molecule has 1 N–H and O–H groups in total. The molecule has 0 atom stereocenters. The molecular weight excluding hydrogens is 279 g/mol. The van der Waals surface area contributed by atoms with Gasteiger partial charge in [0.15, 0.2) is 0 Å². The van der Waals surface area contributed by atoms with Crippen molar-refractivity contribution in [3.8, 4) is 17.6 Å². The molecule has 0 bridgehead atoms. The molecule has 0 aliphatic heterocycles. The Morgan fingerprint density at radius 2 is 1.90 bits per heavy atom. The Kier molecular flexibility index (Phi) is 5.00. The molecule has 0 saturated heterocycles. The zero-order chi connectivity index (χ0) is 14.4. The fraction of sp³-hybridized carbons (Fsp3) is 0.125. The smallest absolute Gasteiger partial charge is 0.141 e. The molecule has 102 valence electrons. The Morgan fingerprint density at radius 3 is 2.55 bits per heavy atom. The van der Waals surface area contributed by atoms with Crippen LogP contribution in [0.25, 0.3) is 0 Å². The van der Waals surface area contributed by atoms with Gasteiger partial charge in [0.2, 0.25) is 0 Å². The van der Waals surface area contributed by atoms with E-state index in [1.807, 2.05) is 0 Å². The molecule has 0 heterocycles. The number of aliphatic hydroxyl groups is 1. The predicted molar refractivity (Wildman–Crippen MR) is 76.1 cm³/mol. The van der Waals surface area contributed by atoms with Gasteiger partial charge in [-0.05, 0) is 42.0 Å². The van der Waals surface area contributed by atoms with Crippen LogP contribution in [0.15, 0.2) is 42.5 Å². The number of aliphatic hydroxyl groups excluding tert-OH is 1. The lowest BCUT2D eigenvalue weighted by molar-refractivity contribution is 0.306. The average molecular weight is 291 g/mol. The van der Waals surface area contributed by atoms with Crippen LogP contribution in [0.2, 0.25) is 5.02 Å². The van der Waals surface area contributed by atoms with E-state index in [0.29, 0.717) is 12.4 Å². The molecule has 2 aromatic rings. The maximum absolute atomic E-state index is 13.0. The molecule has 0 fully saturated rings. The number of ether oxygens (including phenoxy) is 1. The van der Waals surface area contributed by atoms with Gasteiger partial charge in [-0.3, -0.25) is 0 Å². The van der Waals surface area contributed by atoms with Crippen molar-refractivity contribution in [2.24, 2.45) is 0 Å². The summed E-state index contributed by atoms with van der Waals surface area (Å²) in [6.07, 6.45) is 0. The lowest BCUT2D eigenvalue weighted by Crippen LogP contribution is -1.96. The maximum atomic E-state index is 13.0. The highest BCUT2D eigenvalue weighted by Gasteiger charge is 2.01. The Labute approximate surface area is 121 Å². The van der Waals surface area contributed by atoms with E-state index in [2.05, 4.69) is 11.8 Å². The third-order valence-corrected chi connectivity index (χ3v) is 2.85. The van der Waals surface area contributed by atoms with Gasteiger partial charge < -0.3 is 9.84 Å². The first kappa shape index (κ1) is 14.4. The zero-order valence-electron chi connectivity index (χ0n) is 10.6. The second-order valence-corrected chi connectivity index (χ2v) is 4.43. The van der Waals surface area contributed by atoms with Crippen LogP contribution >= 0.6 is 11.6 Å². The van der Waals surface area contributed by atoms with Gasteiger partial charge in [0.25, 0.3) is 0 Å². The summed E-state index contributed by atoms with van der Waals surface area (Å²) in [6.45, 7) is 0.144. The fourth-order valence-corrected chi connectivity index (χ4v) is 1.78. The van der Waals surface area contributed by atoms with Crippen molar-refractivity contribution in [1.82, 2.24) is 0 Å². The van der Waals surface area contributed by atoms with Crippen molar-refractivity contribution in [1.29, 1.82) is 0 Å². The minimum absolute atomic E-state index is 0.0840. The van der Waals surface area contributed by atoms with Crippen LogP contribution in [-0.2, 0) is 6.61 Å². The van der Waals surface area contributed by atoms with Gasteiger partial charge in [0.1, 0.15) is 24.8 Å². The standard InChI is InChI=1S/C16H12ClFO2/c17-15-10-13(5-8-16(15)18)11-20-14-6-3-12(4-7-14)2-1-9-19/h3-8,10,19H,9,11H2. The van der Waals surface area contributed by atoms with E-state index in [4.69, 9.17) is 21.4 Å². The van der Waals surface area contributed by atoms with E-state index >= 15 is 0 Å². The summed E-state index contributed by atoms with van der Waals surface area (Å²) in [7, 11) is 0. The molecule has 2 rings (SSSR count). The van der Waals surface area contributed by atoms with Crippen molar-refractivity contribution in [2.75, 3.05) is 6.61 Å². The maximum Gasteiger partial charge on any atom is 0.141 e. The Bertz CT molecular complexity index is 642. The fourth-order valence-electron chi connectivity index (χ4n) is 1.57. The Hall–Kier alpha value is -2.02. The molecule has 20 heavy (non-hydrogen) atoms. The van der Waals surface area contributed by atoms with Crippen molar-refractivity contribution in [2.45, 2.75) is 6.61 Å².